The quantitative estimate of drug-likeness (QED) is 0.772. The standard InChI is InChI=1S/C15H20ClN5O3/c1-15(2,3)24-14(22)20-6-5-9(8-20)21-11-10(7-17-21)18-13(16)19-12(11)23-4/h7,9H,5-6,8H2,1-4H3. The van der Waals surface area contributed by atoms with Gasteiger partial charge in [-0.3, -0.25) is 4.68 Å². The maximum absolute atomic E-state index is 12.2. The van der Waals surface area contributed by atoms with Gasteiger partial charge in [0, 0.05) is 13.1 Å². The highest BCUT2D eigenvalue weighted by Crippen LogP contribution is 2.30. The monoisotopic (exact) mass is 353 g/mol. The minimum absolute atomic E-state index is 0.00805. The molecule has 1 aliphatic rings. The molecule has 0 spiro atoms. The maximum atomic E-state index is 12.2. The largest absolute Gasteiger partial charge is 0.479 e. The number of halogens is 1. The molecular formula is C15H20ClN5O3. The lowest BCUT2D eigenvalue weighted by Gasteiger charge is -2.24. The predicted octanol–water partition coefficient (Wildman–Crippen LogP) is 2.67. The Balaban J connectivity index is 1.84. The summed E-state index contributed by atoms with van der Waals surface area (Å²) in [6, 6.07) is 0.00805. The van der Waals surface area contributed by atoms with Crippen LogP contribution in [0.4, 0.5) is 4.79 Å². The van der Waals surface area contributed by atoms with Crippen LogP contribution in [-0.4, -0.2) is 56.5 Å². The minimum Gasteiger partial charge on any atom is -0.479 e. The van der Waals surface area contributed by atoms with Gasteiger partial charge in [0.05, 0.1) is 19.3 Å². The van der Waals surface area contributed by atoms with E-state index in [1.54, 1.807) is 15.8 Å². The molecule has 3 heterocycles. The molecule has 1 atom stereocenters. The second-order valence-electron chi connectivity index (χ2n) is 6.69. The van der Waals surface area contributed by atoms with E-state index in [-0.39, 0.29) is 17.4 Å². The average molecular weight is 354 g/mol. The van der Waals surface area contributed by atoms with Crippen molar-refractivity contribution < 1.29 is 14.3 Å². The zero-order chi connectivity index (χ0) is 17.5. The Labute approximate surface area is 144 Å². The molecule has 1 aliphatic heterocycles. The first-order valence-electron chi connectivity index (χ1n) is 7.71. The van der Waals surface area contributed by atoms with Gasteiger partial charge in [0.25, 0.3) is 0 Å². The number of hydrogen-bond donors (Lipinski definition) is 0. The van der Waals surface area contributed by atoms with Gasteiger partial charge in [-0.05, 0) is 38.8 Å². The van der Waals surface area contributed by atoms with Crippen LogP contribution < -0.4 is 4.74 Å². The van der Waals surface area contributed by atoms with Gasteiger partial charge in [0.15, 0.2) is 0 Å². The van der Waals surface area contributed by atoms with Crippen molar-refractivity contribution >= 4 is 28.7 Å². The molecule has 2 aromatic rings. The highest BCUT2D eigenvalue weighted by atomic mass is 35.5. The van der Waals surface area contributed by atoms with E-state index in [4.69, 9.17) is 21.1 Å². The first kappa shape index (κ1) is 16.8. The second kappa shape index (κ2) is 6.08. The van der Waals surface area contributed by atoms with Crippen LogP contribution in [0, 0.1) is 0 Å². The van der Waals surface area contributed by atoms with E-state index < -0.39 is 5.60 Å². The molecule has 1 fully saturated rings. The van der Waals surface area contributed by atoms with Crippen molar-refractivity contribution in [2.75, 3.05) is 20.2 Å². The molecule has 8 nitrogen and oxygen atoms in total. The number of likely N-dealkylation sites (tertiary alicyclic amines) is 1. The van der Waals surface area contributed by atoms with E-state index >= 15 is 0 Å². The molecule has 0 aliphatic carbocycles. The number of aromatic nitrogens is 4. The van der Waals surface area contributed by atoms with E-state index in [2.05, 4.69) is 15.1 Å². The molecule has 0 bridgehead atoms. The lowest BCUT2D eigenvalue weighted by atomic mass is 10.2. The summed E-state index contributed by atoms with van der Waals surface area (Å²) in [4.78, 5) is 22.2. The molecule has 0 N–H and O–H groups in total. The highest BCUT2D eigenvalue weighted by Gasteiger charge is 2.32. The molecule has 1 saturated heterocycles. The van der Waals surface area contributed by atoms with Crippen LogP contribution in [0.2, 0.25) is 5.28 Å². The molecule has 1 unspecified atom stereocenters. The molecule has 9 heteroatoms. The Kier molecular flexibility index (Phi) is 4.25. The van der Waals surface area contributed by atoms with Crippen LogP contribution in [0.1, 0.15) is 33.2 Å². The Morgan fingerprint density at radius 3 is 2.79 bits per heavy atom. The number of amides is 1. The zero-order valence-electron chi connectivity index (χ0n) is 14.1. The molecular weight excluding hydrogens is 334 g/mol. The number of ether oxygens (including phenoxy) is 2. The summed E-state index contributed by atoms with van der Waals surface area (Å²) in [5, 5.41) is 4.50. The number of nitrogens with zero attached hydrogens (tertiary/aromatic N) is 5. The number of hydrogen-bond acceptors (Lipinski definition) is 6. The molecule has 2 aromatic heterocycles. The summed E-state index contributed by atoms with van der Waals surface area (Å²) in [5.41, 5.74) is 0.780. The lowest BCUT2D eigenvalue weighted by molar-refractivity contribution is 0.0288. The molecule has 0 saturated carbocycles. The number of methoxy groups -OCH3 is 1. The summed E-state index contributed by atoms with van der Waals surface area (Å²) < 4.78 is 12.5. The third kappa shape index (κ3) is 3.24. The number of rotatable bonds is 2. The first-order chi connectivity index (χ1) is 11.3. The van der Waals surface area contributed by atoms with Gasteiger partial charge in [-0.15, -0.1) is 0 Å². The fourth-order valence-corrected chi connectivity index (χ4v) is 2.92. The van der Waals surface area contributed by atoms with Gasteiger partial charge in [-0.25, -0.2) is 9.78 Å². The van der Waals surface area contributed by atoms with Crippen molar-refractivity contribution in [1.82, 2.24) is 24.6 Å². The number of fused-ring (bicyclic) bond motifs is 1. The van der Waals surface area contributed by atoms with E-state index in [0.29, 0.717) is 30.0 Å². The van der Waals surface area contributed by atoms with E-state index in [1.165, 1.54) is 7.11 Å². The van der Waals surface area contributed by atoms with Gasteiger partial charge < -0.3 is 14.4 Å². The zero-order valence-corrected chi connectivity index (χ0v) is 14.9. The van der Waals surface area contributed by atoms with E-state index in [1.807, 2.05) is 20.8 Å². The van der Waals surface area contributed by atoms with Crippen LogP contribution >= 0.6 is 11.6 Å². The Bertz CT molecular complexity index is 770. The first-order valence-corrected chi connectivity index (χ1v) is 8.09. The average Bonchev–Trinajstić information content (AvgIpc) is 3.10. The Hall–Kier alpha value is -2.09. The van der Waals surface area contributed by atoms with Gasteiger partial charge in [-0.2, -0.15) is 10.1 Å². The summed E-state index contributed by atoms with van der Waals surface area (Å²) in [7, 11) is 1.52. The normalized spacial score (nSPS) is 18.2. The third-order valence-corrected chi connectivity index (χ3v) is 3.91. The molecule has 0 radical (unpaired) electrons. The Morgan fingerprint density at radius 1 is 1.38 bits per heavy atom. The number of carbonyl (C=O) groups is 1. The smallest absolute Gasteiger partial charge is 0.410 e. The SMILES string of the molecule is COc1nc(Cl)nc2cnn(C3CCN(C(=O)OC(C)(C)C)C3)c12. The van der Waals surface area contributed by atoms with Crippen LogP contribution in [-0.2, 0) is 4.74 Å². The Morgan fingerprint density at radius 2 is 2.12 bits per heavy atom. The number of carbonyl (C=O) groups excluding carboxylic acids is 1. The molecule has 130 valence electrons. The topological polar surface area (TPSA) is 82.4 Å². The summed E-state index contributed by atoms with van der Waals surface area (Å²) in [6.07, 6.45) is 2.08. The fourth-order valence-electron chi connectivity index (χ4n) is 2.76. The molecule has 0 aromatic carbocycles. The van der Waals surface area contributed by atoms with Crippen molar-refractivity contribution in [1.29, 1.82) is 0 Å². The van der Waals surface area contributed by atoms with Crippen molar-refractivity contribution in [3.8, 4) is 5.88 Å². The van der Waals surface area contributed by atoms with E-state index in [9.17, 15) is 4.79 Å². The van der Waals surface area contributed by atoms with Crippen molar-refractivity contribution in [3.63, 3.8) is 0 Å². The third-order valence-electron chi connectivity index (χ3n) is 3.74. The summed E-state index contributed by atoms with van der Waals surface area (Å²) in [6.45, 7) is 6.68. The fraction of sp³-hybridized carbons (Fsp3) is 0.600. The van der Waals surface area contributed by atoms with Gasteiger partial charge in [0.1, 0.15) is 16.6 Å². The van der Waals surface area contributed by atoms with Crippen molar-refractivity contribution in [3.05, 3.63) is 11.5 Å². The lowest BCUT2D eigenvalue weighted by Crippen LogP contribution is -2.35. The minimum atomic E-state index is -0.513. The second-order valence-corrected chi connectivity index (χ2v) is 7.03. The van der Waals surface area contributed by atoms with Gasteiger partial charge in [0.2, 0.25) is 11.2 Å². The van der Waals surface area contributed by atoms with E-state index in [0.717, 1.165) is 6.42 Å². The predicted molar refractivity (Wildman–Crippen MR) is 88.3 cm³/mol. The maximum Gasteiger partial charge on any atom is 0.410 e. The van der Waals surface area contributed by atoms with Gasteiger partial charge in [-0.1, -0.05) is 0 Å². The molecule has 24 heavy (non-hydrogen) atoms. The van der Waals surface area contributed by atoms with Crippen LogP contribution in [0.15, 0.2) is 6.20 Å². The van der Waals surface area contributed by atoms with Crippen LogP contribution in [0.25, 0.3) is 11.0 Å². The molecule has 1 amide bonds. The van der Waals surface area contributed by atoms with Crippen molar-refractivity contribution in [2.24, 2.45) is 0 Å². The van der Waals surface area contributed by atoms with Crippen LogP contribution in [0.3, 0.4) is 0 Å². The van der Waals surface area contributed by atoms with Crippen LogP contribution in [0.5, 0.6) is 5.88 Å². The highest BCUT2D eigenvalue weighted by molar-refractivity contribution is 6.28. The van der Waals surface area contributed by atoms with Gasteiger partial charge >= 0.3 is 6.09 Å². The summed E-state index contributed by atoms with van der Waals surface area (Å²) in [5.74, 6) is 0.373. The summed E-state index contributed by atoms with van der Waals surface area (Å²) >= 11 is 5.89. The van der Waals surface area contributed by atoms with Crippen molar-refractivity contribution in [2.45, 2.75) is 38.8 Å². The molecule has 3 rings (SSSR count).